The fourth-order valence-electron chi connectivity index (χ4n) is 0.573. The molecule has 9 heavy (non-hydrogen) atoms. The number of hydrogen-bond acceptors (Lipinski definition) is 2. The normalized spacial score (nSPS) is 13.1. The van der Waals surface area contributed by atoms with E-state index in [4.69, 9.17) is 5.11 Å². The number of rotatable bonds is 1. The average molecular weight is 122 g/mol. The fourth-order valence-corrected chi connectivity index (χ4v) is 0.573. The summed E-state index contributed by atoms with van der Waals surface area (Å²) in [4.78, 5) is 3.87. The first kappa shape index (κ1) is 6.23. The Morgan fingerprint density at radius 2 is 2.33 bits per heavy atom. The van der Waals surface area contributed by atoms with Crippen LogP contribution in [0, 0.1) is 6.92 Å². The van der Waals surface area contributed by atoms with Crippen LogP contribution in [0.4, 0.5) is 0 Å². The summed E-state index contributed by atoms with van der Waals surface area (Å²) in [6.07, 6.45) is 0.926. The molecule has 2 heteroatoms. The molecule has 0 fully saturated rings. The first-order valence-electron chi connectivity index (χ1n) is 2.73. The Kier molecular flexibility index (Phi) is 1.80. The van der Waals surface area contributed by atoms with Gasteiger partial charge in [0.1, 0.15) is 0 Å². The van der Waals surface area contributed by atoms with E-state index in [0.717, 1.165) is 0 Å². The van der Waals surface area contributed by atoms with Gasteiger partial charge in [0, 0.05) is 6.20 Å². The van der Waals surface area contributed by atoms with Crippen LogP contribution in [0.5, 0.6) is 0 Å². The molecule has 1 N–H and O–H groups in total. The molecule has 0 saturated carbocycles. The molecule has 0 spiro atoms. The number of aliphatic hydroxyl groups excluding tert-OH is 1. The lowest BCUT2D eigenvalue weighted by Crippen LogP contribution is -1.92. The van der Waals surface area contributed by atoms with E-state index in [2.05, 4.69) is 11.9 Å². The molecule has 1 heterocycles. The van der Waals surface area contributed by atoms with Gasteiger partial charge in [-0.05, 0) is 19.1 Å². The summed E-state index contributed by atoms with van der Waals surface area (Å²) in [5.74, 6) is 0. The molecule has 0 aromatic carbocycles. The third-order valence-corrected chi connectivity index (χ3v) is 1.03. The van der Waals surface area contributed by atoms with Crippen LogP contribution >= 0.6 is 0 Å². The Balaban J connectivity index is 2.85. The molecule has 0 aliphatic rings. The summed E-state index contributed by atoms with van der Waals surface area (Å²) in [5, 5.41) is 8.85. The van der Waals surface area contributed by atoms with Crippen molar-refractivity contribution in [3.8, 4) is 0 Å². The van der Waals surface area contributed by atoms with Crippen molar-refractivity contribution in [2.45, 2.75) is 6.10 Å². The molecule has 0 amide bonds. The van der Waals surface area contributed by atoms with Gasteiger partial charge in [-0.25, -0.2) is 0 Å². The zero-order valence-electron chi connectivity index (χ0n) is 4.99. The van der Waals surface area contributed by atoms with E-state index in [1.54, 1.807) is 18.3 Å². The minimum absolute atomic E-state index is 0.609. The lowest BCUT2D eigenvalue weighted by Gasteiger charge is -1.99. The van der Waals surface area contributed by atoms with Gasteiger partial charge in [0.15, 0.2) is 0 Å². The van der Waals surface area contributed by atoms with Crippen molar-refractivity contribution in [2.24, 2.45) is 0 Å². The van der Waals surface area contributed by atoms with Crippen LogP contribution in [0.2, 0.25) is 0 Å². The van der Waals surface area contributed by atoms with E-state index in [0.29, 0.717) is 5.69 Å². The summed E-state index contributed by atoms with van der Waals surface area (Å²) < 4.78 is 0. The van der Waals surface area contributed by atoms with Crippen molar-refractivity contribution in [1.82, 2.24) is 4.98 Å². The predicted octanol–water partition coefficient (Wildman–Crippen LogP) is 0.949. The van der Waals surface area contributed by atoms with Gasteiger partial charge >= 0.3 is 0 Å². The van der Waals surface area contributed by atoms with Gasteiger partial charge in [0.05, 0.1) is 11.8 Å². The summed E-state index contributed by atoms with van der Waals surface area (Å²) in [7, 11) is 0. The maximum absolute atomic E-state index is 8.85. The Bertz CT molecular complexity index is 172. The Hall–Kier alpha value is -0.890. The van der Waals surface area contributed by atoms with E-state index < -0.39 is 6.10 Å². The van der Waals surface area contributed by atoms with Crippen molar-refractivity contribution in [2.75, 3.05) is 0 Å². The molecule has 1 aromatic rings. The summed E-state index contributed by atoms with van der Waals surface area (Å²) in [6, 6.07) is 5.35. The largest absolute Gasteiger partial charge is 0.387 e. The quantitative estimate of drug-likeness (QED) is 0.601. The Morgan fingerprint density at radius 3 is 2.67 bits per heavy atom. The monoisotopic (exact) mass is 122 g/mol. The molecule has 1 atom stereocenters. The minimum atomic E-state index is -0.703. The van der Waals surface area contributed by atoms with Gasteiger partial charge in [0.2, 0.25) is 0 Å². The number of pyridine rings is 1. The Labute approximate surface area is 54.2 Å². The number of aromatic nitrogens is 1. The van der Waals surface area contributed by atoms with Gasteiger partial charge < -0.3 is 5.11 Å². The first-order valence-corrected chi connectivity index (χ1v) is 2.73. The SMILES string of the molecule is [CH2]C(O)c1ccccn1. The van der Waals surface area contributed by atoms with E-state index in [-0.39, 0.29) is 0 Å². The Morgan fingerprint density at radius 1 is 1.56 bits per heavy atom. The minimum Gasteiger partial charge on any atom is -0.387 e. The van der Waals surface area contributed by atoms with Crippen LogP contribution in [0.25, 0.3) is 0 Å². The van der Waals surface area contributed by atoms with Crippen LogP contribution in [-0.2, 0) is 0 Å². The van der Waals surface area contributed by atoms with E-state index in [9.17, 15) is 0 Å². The zero-order chi connectivity index (χ0) is 6.69. The molecule has 0 aliphatic heterocycles. The van der Waals surface area contributed by atoms with Gasteiger partial charge in [-0.1, -0.05) is 6.07 Å². The predicted molar refractivity (Wildman–Crippen MR) is 34.6 cm³/mol. The zero-order valence-corrected chi connectivity index (χ0v) is 4.99. The molecule has 1 rings (SSSR count). The average Bonchev–Trinajstić information content (AvgIpc) is 1.90. The topological polar surface area (TPSA) is 33.1 Å². The summed E-state index contributed by atoms with van der Waals surface area (Å²) in [5.41, 5.74) is 0.609. The van der Waals surface area contributed by atoms with Crippen LogP contribution in [0.3, 0.4) is 0 Å². The summed E-state index contributed by atoms with van der Waals surface area (Å²) in [6.45, 7) is 3.40. The molecule has 0 aliphatic carbocycles. The van der Waals surface area contributed by atoms with Gasteiger partial charge in [-0.2, -0.15) is 0 Å². The molecule has 1 radical (unpaired) electrons. The highest BCUT2D eigenvalue weighted by molar-refractivity contribution is 5.06. The smallest absolute Gasteiger partial charge is 0.0960 e. The molecule has 1 aromatic heterocycles. The highest BCUT2D eigenvalue weighted by Gasteiger charge is 1.97. The lowest BCUT2D eigenvalue weighted by molar-refractivity contribution is 0.221. The molecular weight excluding hydrogens is 114 g/mol. The third-order valence-electron chi connectivity index (χ3n) is 1.03. The second-order valence-corrected chi connectivity index (χ2v) is 1.77. The van der Waals surface area contributed by atoms with Crippen molar-refractivity contribution in [3.63, 3.8) is 0 Å². The number of nitrogens with zero attached hydrogens (tertiary/aromatic N) is 1. The van der Waals surface area contributed by atoms with Crippen LogP contribution in [-0.4, -0.2) is 10.1 Å². The molecule has 0 saturated heterocycles. The first-order chi connectivity index (χ1) is 4.30. The molecular formula is C7H8NO. The maximum atomic E-state index is 8.85. The molecule has 47 valence electrons. The molecule has 0 bridgehead atoms. The van der Waals surface area contributed by atoms with E-state index in [1.807, 2.05) is 6.07 Å². The number of hydrogen-bond donors (Lipinski definition) is 1. The maximum Gasteiger partial charge on any atom is 0.0960 e. The number of aliphatic hydroxyl groups is 1. The van der Waals surface area contributed by atoms with E-state index in [1.165, 1.54) is 0 Å². The van der Waals surface area contributed by atoms with Crippen molar-refractivity contribution < 1.29 is 5.11 Å². The van der Waals surface area contributed by atoms with Crippen molar-refractivity contribution >= 4 is 0 Å². The van der Waals surface area contributed by atoms with Gasteiger partial charge in [-0.15, -0.1) is 0 Å². The lowest BCUT2D eigenvalue weighted by atomic mass is 10.2. The van der Waals surface area contributed by atoms with Crippen molar-refractivity contribution in [1.29, 1.82) is 0 Å². The van der Waals surface area contributed by atoms with Crippen LogP contribution < -0.4 is 0 Å². The standard InChI is InChI=1S/C7H8NO/c1-6(9)7-4-2-3-5-8-7/h2-6,9H,1H2. The van der Waals surface area contributed by atoms with E-state index >= 15 is 0 Å². The molecule has 1 unspecified atom stereocenters. The fraction of sp³-hybridized carbons (Fsp3) is 0.143. The highest BCUT2D eigenvalue weighted by atomic mass is 16.3. The second kappa shape index (κ2) is 2.60. The second-order valence-electron chi connectivity index (χ2n) is 1.77. The van der Waals surface area contributed by atoms with Gasteiger partial charge in [0.25, 0.3) is 0 Å². The third kappa shape index (κ3) is 1.50. The molecule has 2 nitrogen and oxygen atoms in total. The van der Waals surface area contributed by atoms with Gasteiger partial charge in [-0.3, -0.25) is 4.98 Å². The van der Waals surface area contributed by atoms with Crippen LogP contribution in [0.1, 0.15) is 11.8 Å². The van der Waals surface area contributed by atoms with Crippen molar-refractivity contribution in [3.05, 3.63) is 37.0 Å². The van der Waals surface area contributed by atoms with Crippen LogP contribution in [0.15, 0.2) is 24.4 Å². The highest BCUT2D eigenvalue weighted by Crippen LogP contribution is 2.04. The summed E-state index contributed by atoms with van der Waals surface area (Å²) >= 11 is 0.